The maximum atomic E-state index is 13.1. The van der Waals surface area contributed by atoms with Crippen molar-refractivity contribution in [1.82, 2.24) is 25.0 Å². The summed E-state index contributed by atoms with van der Waals surface area (Å²) in [5.41, 5.74) is 3.95. The van der Waals surface area contributed by atoms with E-state index in [0.29, 0.717) is 17.4 Å². The summed E-state index contributed by atoms with van der Waals surface area (Å²) in [5.74, 6) is 0.592. The zero-order valence-electron chi connectivity index (χ0n) is 21.2. The Morgan fingerprint density at radius 3 is 2.72 bits per heavy atom. The number of anilines is 2. The fourth-order valence-corrected chi connectivity index (χ4v) is 4.73. The van der Waals surface area contributed by atoms with Crippen LogP contribution in [0.3, 0.4) is 0 Å². The molecule has 5 rings (SSSR count). The first-order chi connectivity index (χ1) is 17.5. The number of benzene rings is 1. The van der Waals surface area contributed by atoms with Gasteiger partial charge in [0.2, 0.25) is 0 Å². The Hall–Kier alpha value is -3.56. The predicted octanol–water partition coefficient (Wildman–Crippen LogP) is 3.14. The predicted molar refractivity (Wildman–Crippen MR) is 146 cm³/mol. The molecule has 3 aromatic rings. The van der Waals surface area contributed by atoms with Crippen LogP contribution in [0, 0.1) is 0 Å². The standard InChI is InChI=1S/C27H34N8O/c1-33(2)12-13-34(3)25-9-7-21(17-29-25)30-27(36)26-23-15-19(6-8-24(23)31-32-26)20-14-22(18-28-16-20)35-10-4-5-11-35/h6-9,14-17,22H,4-5,10-13,18H2,1-3H3,(H,30,36)(H,31,32). The second-order valence-electron chi connectivity index (χ2n) is 9.84. The van der Waals surface area contributed by atoms with E-state index in [0.717, 1.165) is 60.6 Å². The average molecular weight is 487 g/mol. The molecule has 4 heterocycles. The van der Waals surface area contributed by atoms with E-state index in [1.807, 2.05) is 51.6 Å². The van der Waals surface area contributed by atoms with Gasteiger partial charge in [0.15, 0.2) is 5.69 Å². The van der Waals surface area contributed by atoms with E-state index in [9.17, 15) is 4.79 Å². The number of aromatic nitrogens is 3. The van der Waals surface area contributed by atoms with E-state index in [4.69, 9.17) is 0 Å². The van der Waals surface area contributed by atoms with Gasteiger partial charge in [-0.1, -0.05) is 12.1 Å². The molecule has 2 aliphatic rings. The maximum Gasteiger partial charge on any atom is 0.276 e. The Morgan fingerprint density at radius 2 is 1.97 bits per heavy atom. The van der Waals surface area contributed by atoms with Crippen LogP contribution in [0.5, 0.6) is 0 Å². The van der Waals surface area contributed by atoms with Gasteiger partial charge in [0.1, 0.15) is 5.82 Å². The van der Waals surface area contributed by atoms with Crippen LogP contribution in [-0.2, 0) is 0 Å². The van der Waals surface area contributed by atoms with Gasteiger partial charge in [-0.05, 0) is 75.4 Å². The molecule has 0 spiro atoms. The molecule has 0 radical (unpaired) electrons. The third-order valence-corrected chi connectivity index (χ3v) is 6.90. The van der Waals surface area contributed by atoms with Gasteiger partial charge in [0.25, 0.3) is 5.91 Å². The molecule has 1 fully saturated rings. The van der Waals surface area contributed by atoms with E-state index < -0.39 is 0 Å². The first-order valence-corrected chi connectivity index (χ1v) is 12.6. The highest BCUT2D eigenvalue weighted by atomic mass is 16.1. The lowest BCUT2D eigenvalue weighted by Crippen LogP contribution is -2.35. The Kier molecular flexibility index (Phi) is 7.11. The van der Waals surface area contributed by atoms with Crippen LogP contribution < -0.4 is 10.2 Å². The van der Waals surface area contributed by atoms with Gasteiger partial charge < -0.3 is 15.1 Å². The van der Waals surface area contributed by atoms with Crippen molar-refractivity contribution < 1.29 is 4.79 Å². The van der Waals surface area contributed by atoms with Crippen LogP contribution >= 0.6 is 0 Å². The first kappa shape index (κ1) is 24.1. The number of nitrogens with one attached hydrogen (secondary N) is 2. The molecule has 1 amide bonds. The second-order valence-corrected chi connectivity index (χ2v) is 9.84. The molecule has 2 aliphatic heterocycles. The SMILES string of the molecule is CN(C)CCN(C)c1ccc(NC(=O)c2n[nH]c3ccc(C4=CC(N5CCCC5)CN=C4)cc23)cn1. The molecule has 1 atom stereocenters. The number of hydrogen-bond donors (Lipinski definition) is 2. The van der Waals surface area contributed by atoms with Gasteiger partial charge in [0.05, 0.1) is 23.9 Å². The summed E-state index contributed by atoms with van der Waals surface area (Å²) in [7, 11) is 6.11. The highest BCUT2D eigenvalue weighted by Gasteiger charge is 2.23. The molecule has 36 heavy (non-hydrogen) atoms. The van der Waals surface area contributed by atoms with Crippen LogP contribution in [0.25, 0.3) is 16.5 Å². The number of pyridine rings is 1. The van der Waals surface area contributed by atoms with Crippen molar-refractivity contribution in [2.45, 2.75) is 18.9 Å². The van der Waals surface area contributed by atoms with Crippen molar-refractivity contribution in [3.05, 3.63) is 53.9 Å². The van der Waals surface area contributed by atoms with Crippen molar-refractivity contribution in [2.75, 3.05) is 64.1 Å². The highest BCUT2D eigenvalue weighted by Crippen LogP contribution is 2.26. The lowest BCUT2D eigenvalue weighted by atomic mass is 9.99. The molecule has 188 valence electrons. The third kappa shape index (κ3) is 5.32. The van der Waals surface area contributed by atoms with Crippen molar-refractivity contribution in [3.8, 4) is 0 Å². The molecule has 1 aromatic carbocycles. The Labute approximate surface area is 211 Å². The molecule has 1 unspecified atom stereocenters. The minimum Gasteiger partial charge on any atom is -0.358 e. The van der Waals surface area contributed by atoms with E-state index in [1.54, 1.807) is 6.20 Å². The van der Waals surface area contributed by atoms with E-state index >= 15 is 0 Å². The second kappa shape index (κ2) is 10.6. The number of likely N-dealkylation sites (N-methyl/N-ethyl adjacent to an activating group) is 2. The van der Waals surface area contributed by atoms with Crippen molar-refractivity contribution in [3.63, 3.8) is 0 Å². The fourth-order valence-electron chi connectivity index (χ4n) is 4.73. The smallest absolute Gasteiger partial charge is 0.276 e. The largest absolute Gasteiger partial charge is 0.358 e. The third-order valence-electron chi connectivity index (χ3n) is 6.90. The molecule has 0 saturated carbocycles. The summed E-state index contributed by atoms with van der Waals surface area (Å²) in [6.07, 6.45) is 8.45. The van der Waals surface area contributed by atoms with Gasteiger partial charge in [-0.25, -0.2) is 4.98 Å². The first-order valence-electron chi connectivity index (χ1n) is 12.6. The zero-order chi connectivity index (χ0) is 25.1. The number of likely N-dealkylation sites (tertiary alicyclic amines) is 1. The number of allylic oxidation sites excluding steroid dienone is 1. The van der Waals surface area contributed by atoms with E-state index in [2.05, 4.69) is 52.3 Å². The molecule has 0 aliphatic carbocycles. The number of hydrogen-bond acceptors (Lipinski definition) is 7. The summed E-state index contributed by atoms with van der Waals surface area (Å²) >= 11 is 0. The lowest BCUT2D eigenvalue weighted by Gasteiger charge is -2.26. The summed E-state index contributed by atoms with van der Waals surface area (Å²) < 4.78 is 0. The molecular formula is C27H34N8O. The number of aliphatic imine (C=N–C) groups is 1. The fraction of sp³-hybridized carbons (Fsp3) is 0.407. The number of rotatable bonds is 8. The summed E-state index contributed by atoms with van der Waals surface area (Å²) in [6, 6.07) is 10.2. The average Bonchev–Trinajstić information content (AvgIpc) is 3.58. The Bertz CT molecular complexity index is 1270. The normalized spacial score (nSPS) is 18.1. The lowest BCUT2D eigenvalue weighted by molar-refractivity contribution is 0.102. The summed E-state index contributed by atoms with van der Waals surface area (Å²) in [5, 5.41) is 11.0. The quantitative estimate of drug-likeness (QED) is 0.508. The van der Waals surface area contributed by atoms with Crippen LogP contribution in [-0.4, -0.2) is 97.0 Å². The topological polar surface area (TPSA) is 92.7 Å². The Morgan fingerprint density at radius 1 is 1.14 bits per heavy atom. The number of amides is 1. The number of aromatic amines is 1. The molecule has 2 aromatic heterocycles. The number of dihydropyridines is 1. The van der Waals surface area contributed by atoms with Crippen LogP contribution in [0.1, 0.15) is 28.9 Å². The zero-order valence-corrected chi connectivity index (χ0v) is 21.2. The van der Waals surface area contributed by atoms with E-state index in [-0.39, 0.29) is 5.91 Å². The van der Waals surface area contributed by atoms with Crippen molar-refractivity contribution in [2.24, 2.45) is 4.99 Å². The molecule has 9 nitrogen and oxygen atoms in total. The number of carbonyl (C=O) groups excluding carboxylic acids is 1. The number of H-pyrrole nitrogens is 1. The number of carbonyl (C=O) groups is 1. The summed E-state index contributed by atoms with van der Waals surface area (Å²) in [4.78, 5) is 29.0. The molecule has 0 bridgehead atoms. The minimum atomic E-state index is -0.268. The summed E-state index contributed by atoms with van der Waals surface area (Å²) in [6.45, 7) is 4.89. The number of nitrogens with zero attached hydrogens (tertiary/aromatic N) is 6. The van der Waals surface area contributed by atoms with Gasteiger partial charge in [-0.2, -0.15) is 5.10 Å². The van der Waals surface area contributed by atoms with Gasteiger partial charge in [-0.15, -0.1) is 0 Å². The van der Waals surface area contributed by atoms with Crippen LogP contribution in [0.4, 0.5) is 11.5 Å². The number of fused-ring (bicyclic) bond motifs is 1. The van der Waals surface area contributed by atoms with Gasteiger partial charge in [0, 0.05) is 37.8 Å². The Balaban J connectivity index is 1.31. The molecule has 1 saturated heterocycles. The van der Waals surface area contributed by atoms with Gasteiger partial charge in [-0.3, -0.25) is 19.8 Å². The molecule has 9 heteroatoms. The van der Waals surface area contributed by atoms with Crippen molar-refractivity contribution >= 4 is 40.1 Å². The molecule has 2 N–H and O–H groups in total. The monoisotopic (exact) mass is 486 g/mol. The maximum absolute atomic E-state index is 13.1. The van der Waals surface area contributed by atoms with Crippen molar-refractivity contribution in [1.29, 1.82) is 0 Å². The van der Waals surface area contributed by atoms with E-state index in [1.165, 1.54) is 12.8 Å². The highest BCUT2D eigenvalue weighted by molar-refractivity contribution is 6.14. The minimum absolute atomic E-state index is 0.268. The van der Waals surface area contributed by atoms with Crippen LogP contribution in [0.15, 0.2) is 47.6 Å². The molecular weight excluding hydrogens is 452 g/mol. The van der Waals surface area contributed by atoms with Crippen LogP contribution in [0.2, 0.25) is 0 Å². The van der Waals surface area contributed by atoms with Gasteiger partial charge >= 0.3 is 0 Å².